The molecule has 0 saturated carbocycles. The molecule has 0 heterocycles. The predicted molar refractivity (Wildman–Crippen MR) is 52.6 cm³/mol. The largest absolute Gasteiger partial charge is 0.0988 e. The van der Waals surface area contributed by atoms with E-state index < -0.39 is 0 Å². The molecule has 0 bridgehead atoms. The average molecular weight is 150 g/mol. The third kappa shape index (κ3) is 7.11. The van der Waals surface area contributed by atoms with Crippen LogP contribution < -0.4 is 0 Å². The molecule has 62 valence electrons. The van der Waals surface area contributed by atoms with E-state index in [0.29, 0.717) is 0 Å². The Bertz CT molecular complexity index is 149. The van der Waals surface area contributed by atoms with Gasteiger partial charge in [-0.25, -0.2) is 0 Å². The van der Waals surface area contributed by atoms with E-state index in [0.717, 1.165) is 0 Å². The highest BCUT2D eigenvalue weighted by molar-refractivity contribution is 5.19. The summed E-state index contributed by atoms with van der Waals surface area (Å²) in [5.74, 6) is 0. The Hall–Kier alpha value is -0.780. The van der Waals surface area contributed by atoms with Gasteiger partial charge in [0, 0.05) is 0 Å². The van der Waals surface area contributed by atoms with Crippen LogP contribution in [0.2, 0.25) is 0 Å². The fourth-order valence-electron chi connectivity index (χ4n) is 0.706. The van der Waals surface area contributed by atoms with Gasteiger partial charge in [0.25, 0.3) is 0 Å². The maximum atomic E-state index is 3.67. The first-order chi connectivity index (χ1) is 5.31. The first-order valence-electron chi connectivity index (χ1n) is 4.27. The van der Waals surface area contributed by atoms with E-state index in [1.54, 1.807) is 0 Å². The second kappa shape index (κ2) is 7.33. The fourth-order valence-corrected chi connectivity index (χ4v) is 0.706. The molecule has 0 rings (SSSR count). The van der Waals surface area contributed by atoms with Gasteiger partial charge < -0.3 is 0 Å². The number of rotatable bonds is 5. The molecule has 0 aromatic rings. The van der Waals surface area contributed by atoms with Crippen molar-refractivity contribution in [1.29, 1.82) is 0 Å². The van der Waals surface area contributed by atoms with E-state index in [9.17, 15) is 0 Å². The summed E-state index contributed by atoms with van der Waals surface area (Å²) in [4.78, 5) is 0. The standard InChI is InChI=1S/C11H18/c1-4-6-7-8-9-10-11(3)5-2/h5,8-10H,2,4,6-7H2,1,3H3/b9-8-,11-10-. The van der Waals surface area contributed by atoms with Crippen LogP contribution >= 0.6 is 0 Å². The zero-order chi connectivity index (χ0) is 8.53. The Balaban J connectivity index is 3.50. The molecule has 0 fully saturated rings. The maximum absolute atomic E-state index is 3.67. The summed E-state index contributed by atoms with van der Waals surface area (Å²) >= 11 is 0. The van der Waals surface area contributed by atoms with Crippen molar-refractivity contribution in [3.05, 3.63) is 36.5 Å². The highest BCUT2D eigenvalue weighted by Gasteiger charge is 1.76. The Kier molecular flexibility index (Phi) is 6.81. The second-order valence-corrected chi connectivity index (χ2v) is 2.69. The lowest BCUT2D eigenvalue weighted by Crippen LogP contribution is -1.66. The zero-order valence-corrected chi connectivity index (χ0v) is 7.64. The van der Waals surface area contributed by atoms with Crippen molar-refractivity contribution in [2.45, 2.75) is 33.1 Å². The molecular weight excluding hydrogens is 132 g/mol. The van der Waals surface area contributed by atoms with Gasteiger partial charge in [0.2, 0.25) is 0 Å². The summed E-state index contributed by atoms with van der Waals surface area (Å²) in [7, 11) is 0. The minimum atomic E-state index is 1.19. The Morgan fingerprint density at radius 1 is 1.45 bits per heavy atom. The van der Waals surface area contributed by atoms with Crippen LogP contribution in [0.1, 0.15) is 33.1 Å². The van der Waals surface area contributed by atoms with E-state index in [1.165, 1.54) is 24.8 Å². The van der Waals surface area contributed by atoms with Crippen molar-refractivity contribution in [1.82, 2.24) is 0 Å². The summed E-state index contributed by atoms with van der Waals surface area (Å²) in [6.07, 6.45) is 12.0. The number of allylic oxidation sites excluding steroid dienone is 5. The van der Waals surface area contributed by atoms with Crippen molar-refractivity contribution >= 4 is 0 Å². The molecule has 0 aliphatic heterocycles. The predicted octanol–water partition coefficient (Wildman–Crippen LogP) is 3.87. The first kappa shape index (κ1) is 10.2. The summed E-state index contributed by atoms with van der Waals surface area (Å²) in [5.41, 5.74) is 1.22. The van der Waals surface area contributed by atoms with E-state index in [4.69, 9.17) is 0 Å². The highest BCUT2D eigenvalue weighted by Crippen LogP contribution is 1.97. The molecule has 0 saturated heterocycles. The van der Waals surface area contributed by atoms with Crippen LogP contribution in [0.3, 0.4) is 0 Å². The van der Waals surface area contributed by atoms with Crippen molar-refractivity contribution < 1.29 is 0 Å². The SMILES string of the molecule is C=C/C(C)=C\C=C/CCCC. The minimum absolute atomic E-state index is 1.19. The molecule has 0 heteroatoms. The monoisotopic (exact) mass is 150 g/mol. The van der Waals surface area contributed by atoms with E-state index in [-0.39, 0.29) is 0 Å². The molecular formula is C11H18. The maximum Gasteiger partial charge on any atom is -0.0348 e. The molecule has 0 aromatic heterocycles. The van der Waals surface area contributed by atoms with Gasteiger partial charge >= 0.3 is 0 Å². The Morgan fingerprint density at radius 3 is 2.73 bits per heavy atom. The molecule has 0 aliphatic rings. The quantitative estimate of drug-likeness (QED) is 0.412. The fraction of sp³-hybridized carbons (Fsp3) is 0.455. The van der Waals surface area contributed by atoms with Gasteiger partial charge in [0.15, 0.2) is 0 Å². The van der Waals surface area contributed by atoms with Crippen molar-refractivity contribution in [3.8, 4) is 0 Å². The van der Waals surface area contributed by atoms with Crippen LogP contribution in [0.25, 0.3) is 0 Å². The lowest BCUT2D eigenvalue weighted by molar-refractivity contribution is 0.815. The molecule has 0 unspecified atom stereocenters. The van der Waals surface area contributed by atoms with Crippen LogP contribution in [0.15, 0.2) is 36.5 Å². The average Bonchev–Trinajstić information content (AvgIpc) is 2.04. The molecule has 0 nitrogen and oxygen atoms in total. The van der Waals surface area contributed by atoms with Gasteiger partial charge in [-0.05, 0) is 13.3 Å². The Morgan fingerprint density at radius 2 is 2.18 bits per heavy atom. The molecule has 0 atom stereocenters. The van der Waals surface area contributed by atoms with E-state index >= 15 is 0 Å². The van der Waals surface area contributed by atoms with Gasteiger partial charge in [-0.3, -0.25) is 0 Å². The molecule has 0 spiro atoms. The van der Waals surface area contributed by atoms with Gasteiger partial charge in [-0.15, -0.1) is 0 Å². The number of hydrogen-bond acceptors (Lipinski definition) is 0. The summed E-state index contributed by atoms with van der Waals surface area (Å²) < 4.78 is 0. The normalized spacial score (nSPS) is 12.4. The lowest BCUT2D eigenvalue weighted by Gasteiger charge is -1.87. The topological polar surface area (TPSA) is 0 Å². The lowest BCUT2D eigenvalue weighted by atomic mass is 10.2. The summed E-state index contributed by atoms with van der Waals surface area (Å²) in [6, 6.07) is 0. The van der Waals surface area contributed by atoms with Crippen molar-refractivity contribution in [3.63, 3.8) is 0 Å². The van der Waals surface area contributed by atoms with Crippen LogP contribution in [0.4, 0.5) is 0 Å². The molecule has 0 radical (unpaired) electrons. The van der Waals surface area contributed by atoms with Gasteiger partial charge in [-0.2, -0.15) is 0 Å². The van der Waals surface area contributed by atoms with E-state index in [1.807, 2.05) is 6.08 Å². The smallest absolute Gasteiger partial charge is 0.0348 e. The third-order valence-corrected chi connectivity index (χ3v) is 1.54. The second-order valence-electron chi connectivity index (χ2n) is 2.69. The first-order valence-corrected chi connectivity index (χ1v) is 4.27. The van der Waals surface area contributed by atoms with Crippen molar-refractivity contribution in [2.75, 3.05) is 0 Å². The third-order valence-electron chi connectivity index (χ3n) is 1.54. The van der Waals surface area contributed by atoms with Crippen molar-refractivity contribution in [2.24, 2.45) is 0 Å². The zero-order valence-electron chi connectivity index (χ0n) is 7.64. The molecule has 11 heavy (non-hydrogen) atoms. The van der Waals surface area contributed by atoms with E-state index in [2.05, 4.69) is 38.7 Å². The van der Waals surface area contributed by atoms with Crippen LogP contribution in [0.5, 0.6) is 0 Å². The molecule has 0 N–H and O–H groups in total. The minimum Gasteiger partial charge on any atom is -0.0988 e. The number of unbranched alkanes of at least 4 members (excludes halogenated alkanes) is 2. The summed E-state index contributed by atoms with van der Waals surface area (Å²) in [5, 5.41) is 0. The Labute approximate surface area is 70.3 Å². The van der Waals surface area contributed by atoms with Gasteiger partial charge in [0.05, 0.1) is 0 Å². The molecule has 0 amide bonds. The number of hydrogen-bond donors (Lipinski definition) is 0. The van der Waals surface area contributed by atoms with Crippen LogP contribution in [0, 0.1) is 0 Å². The van der Waals surface area contributed by atoms with Crippen LogP contribution in [-0.2, 0) is 0 Å². The highest BCUT2D eigenvalue weighted by atomic mass is 13.8. The van der Waals surface area contributed by atoms with Crippen LogP contribution in [-0.4, -0.2) is 0 Å². The molecule has 0 aromatic carbocycles. The molecule has 0 aliphatic carbocycles. The summed E-state index contributed by atoms with van der Waals surface area (Å²) in [6.45, 7) is 7.93. The van der Waals surface area contributed by atoms with Gasteiger partial charge in [-0.1, -0.05) is 56.2 Å². The van der Waals surface area contributed by atoms with Gasteiger partial charge in [0.1, 0.15) is 0 Å².